The summed E-state index contributed by atoms with van der Waals surface area (Å²) < 4.78 is 80.3. The number of nitrogens with one attached hydrogen (secondary N) is 2. The molecular weight excluding hydrogens is 641 g/mol. The van der Waals surface area contributed by atoms with Gasteiger partial charge in [0.05, 0.1) is 36.7 Å². The quantitative estimate of drug-likeness (QED) is 0.166. The molecule has 4 N–H and O–H groups in total. The standard InChI is InChI=1S/C32H40ClF3N6O3S/c1-19(2)42-30-28(31(37)39-18-32(30,3)20-8-10-21(11-9-20)38-13-15-45-14-12-33)29(40-42)22-16-25(36)26(17-24(22)35)41-46(43,44)27-7-5-4-6-23(27)34/h4-7,16-17,19-21,38,41H,8-15,18H2,1-3H3,(H2,37,39)/t20-,21-,32?. The van der Waals surface area contributed by atoms with E-state index in [1.54, 1.807) is 0 Å². The Morgan fingerprint density at radius 1 is 1.09 bits per heavy atom. The monoisotopic (exact) mass is 680 g/mol. The van der Waals surface area contributed by atoms with Crippen molar-refractivity contribution in [1.82, 2.24) is 15.1 Å². The number of aliphatic imine (C=N–C) groups is 1. The summed E-state index contributed by atoms with van der Waals surface area (Å²) in [4.78, 5) is 3.98. The van der Waals surface area contributed by atoms with Gasteiger partial charge in [0.25, 0.3) is 10.0 Å². The Labute approximate surface area is 272 Å². The molecule has 5 rings (SSSR count). The van der Waals surface area contributed by atoms with E-state index in [0.717, 1.165) is 62.2 Å². The van der Waals surface area contributed by atoms with Crippen molar-refractivity contribution in [3.05, 3.63) is 65.1 Å². The number of nitrogens with zero attached hydrogens (tertiary/aromatic N) is 3. The zero-order valence-electron chi connectivity index (χ0n) is 26.1. The van der Waals surface area contributed by atoms with Crippen molar-refractivity contribution in [3.63, 3.8) is 0 Å². The molecule has 1 saturated carbocycles. The zero-order valence-corrected chi connectivity index (χ0v) is 27.7. The molecule has 1 aliphatic carbocycles. The molecule has 0 saturated heterocycles. The van der Waals surface area contributed by atoms with E-state index in [2.05, 4.69) is 17.2 Å². The summed E-state index contributed by atoms with van der Waals surface area (Å²) in [6.07, 6.45) is 3.81. The lowest BCUT2D eigenvalue weighted by atomic mass is 9.65. The number of benzene rings is 2. The van der Waals surface area contributed by atoms with E-state index in [1.807, 2.05) is 23.3 Å². The number of aromatic nitrogens is 2. The van der Waals surface area contributed by atoms with Gasteiger partial charge in [-0.1, -0.05) is 19.1 Å². The first-order chi connectivity index (χ1) is 21.9. The van der Waals surface area contributed by atoms with Gasteiger partial charge in [-0.25, -0.2) is 21.6 Å². The van der Waals surface area contributed by atoms with E-state index in [4.69, 9.17) is 27.2 Å². The highest BCUT2D eigenvalue weighted by Gasteiger charge is 2.46. The Morgan fingerprint density at radius 3 is 2.48 bits per heavy atom. The van der Waals surface area contributed by atoms with Crippen LogP contribution in [0.2, 0.25) is 0 Å². The number of halogens is 4. The molecule has 2 aliphatic rings. The topological polar surface area (TPSA) is 124 Å². The molecule has 2 aromatic carbocycles. The summed E-state index contributed by atoms with van der Waals surface area (Å²) >= 11 is 5.67. The van der Waals surface area contributed by atoms with Crippen LogP contribution >= 0.6 is 11.6 Å². The predicted octanol–water partition coefficient (Wildman–Crippen LogP) is 5.73. The Morgan fingerprint density at radius 2 is 1.80 bits per heavy atom. The molecule has 0 radical (unpaired) electrons. The Kier molecular flexibility index (Phi) is 10.4. The molecule has 1 aliphatic heterocycles. The second-order valence-electron chi connectivity index (χ2n) is 12.4. The van der Waals surface area contributed by atoms with E-state index in [-0.39, 0.29) is 29.1 Å². The summed E-state index contributed by atoms with van der Waals surface area (Å²) in [6.45, 7) is 8.39. The normalized spacial score (nSPS) is 21.7. The van der Waals surface area contributed by atoms with Crippen LogP contribution in [0, 0.1) is 23.4 Å². The number of alkyl halides is 1. The molecule has 1 atom stereocenters. The number of hydrogen-bond acceptors (Lipinski definition) is 7. The lowest BCUT2D eigenvalue weighted by molar-refractivity contribution is 0.140. The van der Waals surface area contributed by atoms with Gasteiger partial charge in [0, 0.05) is 41.6 Å². The molecular formula is C32H40ClF3N6O3S. The maximum atomic E-state index is 15.8. The fourth-order valence-electron chi connectivity index (χ4n) is 6.61. The number of anilines is 1. The molecule has 0 spiro atoms. The minimum atomic E-state index is -4.54. The first-order valence-corrected chi connectivity index (χ1v) is 17.5. The van der Waals surface area contributed by atoms with Crippen LogP contribution in [0.4, 0.5) is 18.9 Å². The van der Waals surface area contributed by atoms with Crippen LogP contribution in [0.3, 0.4) is 0 Å². The summed E-state index contributed by atoms with van der Waals surface area (Å²) in [7, 11) is -4.54. The number of nitrogens with two attached hydrogens (primary N) is 1. The van der Waals surface area contributed by atoms with Gasteiger partial charge in [0.2, 0.25) is 0 Å². The highest BCUT2D eigenvalue weighted by molar-refractivity contribution is 7.92. The molecule has 3 aromatic rings. The van der Waals surface area contributed by atoms with Gasteiger partial charge < -0.3 is 15.8 Å². The Hall–Kier alpha value is -3.13. The maximum absolute atomic E-state index is 15.8. The molecule has 1 fully saturated rings. The third-order valence-corrected chi connectivity index (χ3v) is 10.5. The van der Waals surface area contributed by atoms with Crippen LogP contribution in [0.25, 0.3) is 11.3 Å². The van der Waals surface area contributed by atoms with E-state index in [0.29, 0.717) is 37.2 Å². The van der Waals surface area contributed by atoms with Crippen LogP contribution in [0.15, 0.2) is 46.3 Å². The van der Waals surface area contributed by atoms with E-state index in [1.165, 1.54) is 12.1 Å². The highest BCUT2D eigenvalue weighted by atomic mass is 35.5. The van der Waals surface area contributed by atoms with Gasteiger partial charge in [-0.2, -0.15) is 5.10 Å². The van der Waals surface area contributed by atoms with E-state index < -0.39 is 43.5 Å². The molecule has 9 nitrogen and oxygen atoms in total. The number of rotatable bonds is 12. The fraction of sp³-hybridized carbons (Fsp3) is 0.500. The van der Waals surface area contributed by atoms with E-state index >= 15 is 8.78 Å². The molecule has 250 valence electrons. The van der Waals surface area contributed by atoms with Gasteiger partial charge in [0.1, 0.15) is 33.9 Å². The minimum absolute atomic E-state index is 0.126. The largest absolute Gasteiger partial charge is 0.383 e. The van der Waals surface area contributed by atoms with Crippen molar-refractivity contribution >= 4 is 33.1 Å². The molecule has 0 bridgehead atoms. The van der Waals surface area contributed by atoms with E-state index in [9.17, 15) is 12.8 Å². The molecule has 0 amide bonds. The molecule has 14 heteroatoms. The highest BCUT2D eigenvalue weighted by Crippen LogP contribution is 2.47. The molecule has 1 unspecified atom stereocenters. The molecule has 1 aromatic heterocycles. The first-order valence-electron chi connectivity index (χ1n) is 15.4. The van der Waals surface area contributed by atoms with Crippen LogP contribution in [-0.4, -0.2) is 62.3 Å². The van der Waals surface area contributed by atoms with Crippen LogP contribution in [0.1, 0.15) is 63.8 Å². The summed E-state index contributed by atoms with van der Waals surface area (Å²) in [5.74, 6) is -2.10. The number of amidine groups is 1. The van der Waals surface area contributed by atoms with Crippen molar-refractivity contribution in [3.8, 4) is 11.3 Å². The maximum Gasteiger partial charge on any atom is 0.264 e. The van der Waals surface area contributed by atoms with Gasteiger partial charge >= 0.3 is 0 Å². The van der Waals surface area contributed by atoms with Crippen LogP contribution in [-0.2, 0) is 20.2 Å². The third kappa shape index (κ3) is 6.78. The van der Waals surface area contributed by atoms with Gasteiger partial charge in [0.15, 0.2) is 0 Å². The average molecular weight is 681 g/mol. The zero-order chi connectivity index (χ0) is 33.2. The summed E-state index contributed by atoms with van der Waals surface area (Å²) in [6, 6.07) is 6.51. The second-order valence-corrected chi connectivity index (χ2v) is 14.4. The van der Waals surface area contributed by atoms with Crippen molar-refractivity contribution < 1.29 is 26.3 Å². The van der Waals surface area contributed by atoms with Gasteiger partial charge in [-0.3, -0.25) is 14.4 Å². The van der Waals surface area contributed by atoms with Crippen LogP contribution in [0.5, 0.6) is 0 Å². The van der Waals surface area contributed by atoms with Gasteiger partial charge in [-0.05, 0) is 63.6 Å². The molecule has 46 heavy (non-hydrogen) atoms. The fourth-order valence-corrected chi connectivity index (χ4v) is 7.86. The number of hydrogen-bond donors (Lipinski definition) is 3. The lowest BCUT2D eigenvalue weighted by Crippen LogP contribution is -2.46. The first kappa shape index (κ1) is 34.2. The summed E-state index contributed by atoms with van der Waals surface area (Å²) in [5, 5.41) is 8.34. The Bertz CT molecular complexity index is 1710. The minimum Gasteiger partial charge on any atom is -0.383 e. The third-order valence-electron chi connectivity index (χ3n) is 8.99. The number of ether oxygens (including phenoxy) is 1. The van der Waals surface area contributed by atoms with Crippen molar-refractivity contribution in [2.45, 2.75) is 68.8 Å². The predicted molar refractivity (Wildman–Crippen MR) is 173 cm³/mol. The van der Waals surface area contributed by atoms with Crippen LogP contribution < -0.4 is 15.8 Å². The average Bonchev–Trinajstić information content (AvgIpc) is 3.44. The summed E-state index contributed by atoms with van der Waals surface area (Å²) in [5.41, 5.74) is 6.57. The van der Waals surface area contributed by atoms with Gasteiger partial charge in [-0.15, -0.1) is 11.6 Å². The smallest absolute Gasteiger partial charge is 0.264 e. The SMILES string of the molecule is CC(C)n1nc(-c2cc(F)c(NS(=O)(=O)c3ccccc3F)cc2F)c2c1C(C)([C@H]1CC[C@H](NCCOCCCl)CC1)CN=C2N. The molecule has 2 heterocycles. The Balaban J connectivity index is 1.45. The number of fused-ring (bicyclic) bond motifs is 1. The van der Waals surface area contributed by atoms with Crippen molar-refractivity contribution in [2.75, 3.05) is 36.9 Å². The second kappa shape index (κ2) is 13.9. The lowest BCUT2D eigenvalue weighted by Gasteiger charge is -2.43. The van der Waals surface area contributed by atoms with Crippen molar-refractivity contribution in [1.29, 1.82) is 0 Å². The number of sulfonamides is 1. The van der Waals surface area contributed by atoms with Crippen molar-refractivity contribution in [2.24, 2.45) is 16.6 Å².